The number of rotatable bonds is 6. The van der Waals surface area contributed by atoms with E-state index in [1.165, 1.54) is 19.2 Å². The molecule has 0 radical (unpaired) electrons. The smallest absolute Gasteiger partial charge is 0.411 e. The molecule has 5 nitrogen and oxygen atoms in total. The van der Waals surface area contributed by atoms with Crippen LogP contribution in [-0.4, -0.2) is 44.9 Å². The monoisotopic (exact) mass is 311 g/mol. The van der Waals surface area contributed by atoms with E-state index in [-0.39, 0.29) is 22.9 Å². The fraction of sp³-hybridized carbons (Fsp3) is 0.455. The predicted molar refractivity (Wildman–Crippen MR) is 64.9 cm³/mol. The van der Waals surface area contributed by atoms with Gasteiger partial charge in [-0.2, -0.15) is 13.2 Å². The van der Waals surface area contributed by atoms with Gasteiger partial charge in [0.15, 0.2) is 0 Å². The zero-order chi connectivity index (χ0) is 15.2. The Bertz CT molecular complexity index is 472. The van der Waals surface area contributed by atoms with Crippen molar-refractivity contribution in [2.75, 3.05) is 26.9 Å². The van der Waals surface area contributed by atoms with E-state index in [4.69, 9.17) is 0 Å². The standard InChI is InChI=1S/C11H12F3NO4S/c1-18-10(17)8-3-2-7(20-8)9(16)15-4-5-19-6-11(12,13)14/h2-3H,4-6H2,1H3,(H,15,16). The molecule has 1 aromatic heterocycles. The molecule has 1 aromatic rings. The lowest BCUT2D eigenvalue weighted by atomic mass is 10.4. The topological polar surface area (TPSA) is 64.6 Å². The van der Waals surface area contributed by atoms with Gasteiger partial charge in [-0.15, -0.1) is 11.3 Å². The zero-order valence-electron chi connectivity index (χ0n) is 10.5. The summed E-state index contributed by atoms with van der Waals surface area (Å²) in [6, 6.07) is 2.87. The molecule has 0 bridgehead atoms. The van der Waals surface area contributed by atoms with Gasteiger partial charge in [0.25, 0.3) is 5.91 Å². The van der Waals surface area contributed by atoms with E-state index in [1.54, 1.807) is 0 Å². The average molecular weight is 311 g/mol. The van der Waals surface area contributed by atoms with Crippen LogP contribution in [0.2, 0.25) is 0 Å². The van der Waals surface area contributed by atoms with Crippen molar-refractivity contribution in [2.45, 2.75) is 6.18 Å². The van der Waals surface area contributed by atoms with Crippen molar-refractivity contribution in [1.82, 2.24) is 5.32 Å². The third kappa shape index (κ3) is 5.57. The highest BCUT2D eigenvalue weighted by Crippen LogP contribution is 2.17. The first-order valence-corrected chi connectivity index (χ1v) is 6.26. The van der Waals surface area contributed by atoms with E-state index >= 15 is 0 Å². The van der Waals surface area contributed by atoms with E-state index < -0.39 is 24.7 Å². The van der Waals surface area contributed by atoms with Crippen LogP contribution in [0.4, 0.5) is 13.2 Å². The molecule has 1 rings (SSSR count). The molecule has 1 N–H and O–H groups in total. The highest BCUT2D eigenvalue weighted by atomic mass is 32.1. The SMILES string of the molecule is COC(=O)c1ccc(C(=O)NCCOCC(F)(F)F)s1. The Hall–Kier alpha value is -1.61. The van der Waals surface area contributed by atoms with Gasteiger partial charge in [-0.05, 0) is 12.1 Å². The second kappa shape index (κ2) is 7.25. The maximum absolute atomic E-state index is 11.8. The lowest BCUT2D eigenvalue weighted by Crippen LogP contribution is -2.28. The van der Waals surface area contributed by atoms with Crippen LogP contribution >= 0.6 is 11.3 Å². The number of hydrogen-bond acceptors (Lipinski definition) is 5. The molecule has 0 spiro atoms. The van der Waals surface area contributed by atoms with Crippen molar-refractivity contribution in [3.63, 3.8) is 0 Å². The van der Waals surface area contributed by atoms with Gasteiger partial charge >= 0.3 is 12.1 Å². The van der Waals surface area contributed by atoms with Gasteiger partial charge in [0.1, 0.15) is 11.5 Å². The van der Waals surface area contributed by atoms with Gasteiger partial charge in [-0.3, -0.25) is 4.79 Å². The van der Waals surface area contributed by atoms with E-state index in [9.17, 15) is 22.8 Å². The normalized spacial score (nSPS) is 11.2. The Morgan fingerprint density at radius 3 is 2.55 bits per heavy atom. The molecule has 1 heterocycles. The molecule has 0 saturated carbocycles. The van der Waals surface area contributed by atoms with Crippen LogP contribution in [0.1, 0.15) is 19.3 Å². The van der Waals surface area contributed by atoms with Crippen molar-refractivity contribution >= 4 is 23.2 Å². The summed E-state index contributed by atoms with van der Waals surface area (Å²) in [5.74, 6) is -1.04. The molecule has 0 atom stereocenters. The summed E-state index contributed by atoms with van der Waals surface area (Å²) in [5.41, 5.74) is 0. The van der Waals surface area contributed by atoms with Crippen LogP contribution in [-0.2, 0) is 9.47 Å². The van der Waals surface area contributed by atoms with Crippen LogP contribution in [0.15, 0.2) is 12.1 Å². The molecule has 112 valence electrons. The second-order valence-corrected chi connectivity index (χ2v) is 4.66. The summed E-state index contributed by atoms with van der Waals surface area (Å²) < 4.78 is 44.1. The summed E-state index contributed by atoms with van der Waals surface area (Å²) in [7, 11) is 1.22. The van der Waals surface area contributed by atoms with Crippen LogP contribution in [0.5, 0.6) is 0 Å². The number of carbonyl (C=O) groups is 2. The third-order valence-electron chi connectivity index (χ3n) is 2.01. The number of ether oxygens (including phenoxy) is 2. The number of thiophene rings is 1. The first-order chi connectivity index (χ1) is 9.33. The molecule has 20 heavy (non-hydrogen) atoms. The van der Waals surface area contributed by atoms with Crippen LogP contribution in [0, 0.1) is 0 Å². The van der Waals surface area contributed by atoms with Crippen molar-refractivity contribution in [1.29, 1.82) is 0 Å². The summed E-state index contributed by atoms with van der Waals surface area (Å²) >= 11 is 0.934. The molecule has 0 saturated heterocycles. The fourth-order valence-electron chi connectivity index (χ4n) is 1.18. The van der Waals surface area contributed by atoms with Crippen molar-refractivity contribution in [3.05, 3.63) is 21.9 Å². The molecule has 0 fully saturated rings. The van der Waals surface area contributed by atoms with Crippen LogP contribution in [0.3, 0.4) is 0 Å². The number of nitrogens with one attached hydrogen (secondary N) is 1. The molecule has 1 amide bonds. The van der Waals surface area contributed by atoms with Crippen LogP contribution in [0.25, 0.3) is 0 Å². The predicted octanol–water partition coefficient (Wildman–Crippen LogP) is 1.84. The molecular formula is C11H12F3NO4S. The molecule has 0 aliphatic carbocycles. The minimum Gasteiger partial charge on any atom is -0.465 e. The number of methoxy groups -OCH3 is 1. The van der Waals surface area contributed by atoms with E-state index in [0.29, 0.717) is 0 Å². The van der Waals surface area contributed by atoms with E-state index in [1.807, 2.05) is 0 Å². The third-order valence-corrected chi connectivity index (χ3v) is 3.08. The first-order valence-electron chi connectivity index (χ1n) is 5.44. The van der Waals surface area contributed by atoms with Crippen LogP contribution < -0.4 is 5.32 Å². The van der Waals surface area contributed by atoms with Gasteiger partial charge in [0, 0.05) is 6.54 Å². The number of amides is 1. The number of halogens is 3. The zero-order valence-corrected chi connectivity index (χ0v) is 11.3. The van der Waals surface area contributed by atoms with Gasteiger partial charge in [-0.25, -0.2) is 4.79 Å². The molecule has 0 aliphatic rings. The van der Waals surface area contributed by atoms with Gasteiger partial charge in [-0.1, -0.05) is 0 Å². The Morgan fingerprint density at radius 2 is 1.95 bits per heavy atom. The van der Waals surface area contributed by atoms with Gasteiger partial charge in [0.2, 0.25) is 0 Å². The number of esters is 1. The maximum atomic E-state index is 11.8. The number of carbonyl (C=O) groups excluding carboxylic acids is 2. The van der Waals surface area contributed by atoms with Gasteiger partial charge < -0.3 is 14.8 Å². The second-order valence-electron chi connectivity index (χ2n) is 3.58. The minimum absolute atomic E-state index is 0.0552. The number of hydrogen-bond donors (Lipinski definition) is 1. The lowest BCUT2D eigenvalue weighted by Gasteiger charge is -2.07. The van der Waals surface area contributed by atoms with Crippen molar-refractivity contribution in [2.24, 2.45) is 0 Å². The Kier molecular flexibility index (Phi) is 5.96. The quantitative estimate of drug-likeness (QED) is 0.643. The maximum Gasteiger partial charge on any atom is 0.411 e. The minimum atomic E-state index is -4.38. The summed E-state index contributed by atoms with van der Waals surface area (Å²) in [5, 5.41) is 2.38. The molecular weight excluding hydrogens is 299 g/mol. The fourth-order valence-corrected chi connectivity index (χ4v) is 2.02. The molecule has 9 heteroatoms. The molecule has 0 aromatic carbocycles. The van der Waals surface area contributed by atoms with Crippen molar-refractivity contribution < 1.29 is 32.2 Å². The summed E-state index contributed by atoms with van der Waals surface area (Å²) in [6.07, 6.45) is -4.38. The molecule has 0 aliphatic heterocycles. The Balaban J connectivity index is 2.33. The highest BCUT2D eigenvalue weighted by Gasteiger charge is 2.27. The Morgan fingerprint density at radius 1 is 1.30 bits per heavy atom. The highest BCUT2D eigenvalue weighted by molar-refractivity contribution is 7.15. The summed E-state index contributed by atoms with van der Waals surface area (Å²) in [6.45, 7) is -1.66. The molecule has 0 unspecified atom stereocenters. The average Bonchev–Trinajstić information content (AvgIpc) is 2.85. The van der Waals surface area contributed by atoms with Gasteiger partial charge in [0.05, 0.1) is 18.6 Å². The number of alkyl halides is 3. The van der Waals surface area contributed by atoms with Crippen molar-refractivity contribution in [3.8, 4) is 0 Å². The van der Waals surface area contributed by atoms with E-state index in [2.05, 4.69) is 14.8 Å². The summed E-state index contributed by atoms with van der Waals surface area (Å²) in [4.78, 5) is 23.3. The lowest BCUT2D eigenvalue weighted by molar-refractivity contribution is -0.173. The first kappa shape index (κ1) is 16.4. The largest absolute Gasteiger partial charge is 0.465 e. The van der Waals surface area contributed by atoms with E-state index in [0.717, 1.165) is 11.3 Å². The Labute approximate surface area is 116 Å².